The Kier molecular flexibility index (Phi) is 7.36. The second-order valence-corrected chi connectivity index (χ2v) is 9.04. The zero-order valence-corrected chi connectivity index (χ0v) is 18.1. The summed E-state index contributed by atoms with van der Waals surface area (Å²) < 4.78 is 5.24. The zero-order valence-electron chi connectivity index (χ0n) is 18.1. The Balaban J connectivity index is 1.45. The Morgan fingerprint density at radius 3 is 2.46 bits per heavy atom. The minimum absolute atomic E-state index is 0.0481. The Hall–Kier alpha value is -1.59. The van der Waals surface area contributed by atoms with Gasteiger partial charge in [-0.25, -0.2) is 0 Å². The Labute approximate surface area is 170 Å². The summed E-state index contributed by atoms with van der Waals surface area (Å²) >= 11 is 0. The number of piperazine rings is 1. The molecule has 1 saturated heterocycles. The summed E-state index contributed by atoms with van der Waals surface area (Å²) in [7, 11) is 1.70. The smallest absolute Gasteiger partial charge is 0.278 e. The van der Waals surface area contributed by atoms with Crippen LogP contribution in [0.1, 0.15) is 45.6 Å². The summed E-state index contributed by atoms with van der Waals surface area (Å²) in [4.78, 5) is 15.9. The maximum Gasteiger partial charge on any atom is 0.278 e. The maximum absolute atomic E-state index is 12.8. The molecule has 1 aromatic carbocycles. The minimum atomic E-state index is 0.0481. The van der Waals surface area contributed by atoms with E-state index in [1.807, 2.05) is 12.1 Å². The molecule has 5 heteroatoms. The molecule has 0 bridgehead atoms. The highest BCUT2D eigenvalue weighted by Crippen LogP contribution is 2.29. The largest absolute Gasteiger partial charge is 0.497 e. The Bertz CT molecular complexity index is 625. The first-order chi connectivity index (χ1) is 13.5. The Morgan fingerprint density at radius 2 is 1.82 bits per heavy atom. The predicted octanol–water partition coefficient (Wildman–Crippen LogP) is 0.308. The fourth-order valence-electron chi connectivity index (χ4n) is 4.85. The normalized spacial score (nSPS) is 31.8. The summed E-state index contributed by atoms with van der Waals surface area (Å²) in [5, 5.41) is 3.38. The number of rotatable bonds is 6. The second kappa shape index (κ2) is 9.75. The molecule has 0 radical (unpaired) electrons. The molecule has 1 amide bonds. The summed E-state index contributed by atoms with van der Waals surface area (Å²) in [5.41, 5.74) is 1.35. The quantitative estimate of drug-likeness (QED) is 0.656. The molecule has 3 N–H and O–H groups in total. The molecule has 2 aliphatic rings. The van der Waals surface area contributed by atoms with Crippen molar-refractivity contribution >= 4 is 5.91 Å². The number of amides is 1. The van der Waals surface area contributed by atoms with E-state index in [-0.39, 0.29) is 11.9 Å². The van der Waals surface area contributed by atoms with Crippen LogP contribution in [0.25, 0.3) is 0 Å². The molecule has 28 heavy (non-hydrogen) atoms. The lowest BCUT2D eigenvalue weighted by Crippen LogP contribution is -3.29. The van der Waals surface area contributed by atoms with Crippen LogP contribution in [0.4, 0.5) is 0 Å². The van der Waals surface area contributed by atoms with Crippen molar-refractivity contribution in [3.63, 3.8) is 0 Å². The van der Waals surface area contributed by atoms with Gasteiger partial charge in [-0.05, 0) is 49.4 Å². The lowest BCUT2D eigenvalue weighted by Gasteiger charge is -2.37. The van der Waals surface area contributed by atoms with E-state index in [0.29, 0.717) is 17.9 Å². The Morgan fingerprint density at radius 1 is 1.14 bits per heavy atom. The van der Waals surface area contributed by atoms with Crippen molar-refractivity contribution in [2.75, 3.05) is 33.3 Å². The van der Waals surface area contributed by atoms with Crippen molar-refractivity contribution in [2.45, 2.75) is 58.7 Å². The number of carbonyl (C=O) groups excluding carboxylic acids is 1. The molecule has 4 atom stereocenters. The van der Waals surface area contributed by atoms with Gasteiger partial charge in [0.25, 0.3) is 5.91 Å². The highest BCUT2D eigenvalue weighted by atomic mass is 16.5. The molecule has 1 aromatic rings. The summed E-state index contributed by atoms with van der Waals surface area (Å²) in [5.74, 6) is 2.46. The lowest BCUT2D eigenvalue weighted by molar-refractivity contribution is -1.02. The van der Waals surface area contributed by atoms with Gasteiger partial charge in [-0.1, -0.05) is 26.7 Å². The number of hydrogen-bond donors (Lipinski definition) is 3. The first-order valence-corrected chi connectivity index (χ1v) is 11.1. The van der Waals surface area contributed by atoms with Gasteiger partial charge < -0.3 is 19.9 Å². The van der Waals surface area contributed by atoms with Crippen LogP contribution in [0.2, 0.25) is 0 Å². The van der Waals surface area contributed by atoms with Crippen LogP contribution >= 0.6 is 0 Å². The fraction of sp³-hybridized carbons (Fsp3) is 0.696. The van der Waals surface area contributed by atoms with Crippen LogP contribution in [0.3, 0.4) is 0 Å². The summed E-state index contributed by atoms with van der Waals surface area (Å²) in [6, 6.07) is 8.80. The third-order valence-electron chi connectivity index (χ3n) is 7.25. The van der Waals surface area contributed by atoms with Crippen LogP contribution in [-0.2, 0) is 11.3 Å². The first-order valence-electron chi connectivity index (χ1n) is 11.1. The average molecular weight is 390 g/mol. The monoisotopic (exact) mass is 389 g/mol. The molecule has 0 aromatic heterocycles. The highest BCUT2D eigenvalue weighted by molar-refractivity contribution is 5.80. The number of benzene rings is 1. The van der Waals surface area contributed by atoms with E-state index in [1.54, 1.807) is 12.0 Å². The number of quaternary nitrogens is 2. The maximum atomic E-state index is 12.8. The van der Waals surface area contributed by atoms with E-state index in [4.69, 9.17) is 4.74 Å². The van der Waals surface area contributed by atoms with E-state index < -0.39 is 0 Å². The van der Waals surface area contributed by atoms with Gasteiger partial charge in [0.1, 0.15) is 38.5 Å². The van der Waals surface area contributed by atoms with Crippen molar-refractivity contribution < 1.29 is 19.3 Å². The lowest BCUT2D eigenvalue weighted by atomic mass is 9.78. The summed E-state index contributed by atoms with van der Waals surface area (Å²) in [6.45, 7) is 12.2. The van der Waals surface area contributed by atoms with Gasteiger partial charge in [0.2, 0.25) is 0 Å². The van der Waals surface area contributed by atoms with Crippen molar-refractivity contribution in [1.82, 2.24) is 5.32 Å². The molecule has 1 saturated carbocycles. The van der Waals surface area contributed by atoms with Crippen LogP contribution in [-0.4, -0.2) is 51.3 Å². The van der Waals surface area contributed by atoms with E-state index in [1.165, 1.54) is 23.3 Å². The number of carbonyl (C=O) groups is 1. The number of hydrogen-bond acceptors (Lipinski definition) is 2. The standard InChI is InChI=1S/C23H37N3O2/c1-17-6-5-7-22(18(17)2)24-23(27)19(3)26-14-12-25(13-15-26)16-20-8-10-21(28-4)11-9-20/h8-11,17-19,22H,5-7,12-16H2,1-4H3,(H,24,27)/p+2/t17-,18-,19-,22+/m1/s1. The molecule has 5 nitrogen and oxygen atoms in total. The van der Waals surface area contributed by atoms with Crippen molar-refractivity contribution in [1.29, 1.82) is 0 Å². The van der Waals surface area contributed by atoms with Crippen LogP contribution in [0.5, 0.6) is 5.75 Å². The third-order valence-corrected chi connectivity index (χ3v) is 7.25. The molecule has 3 rings (SSSR count). The average Bonchev–Trinajstić information content (AvgIpc) is 2.72. The topological polar surface area (TPSA) is 47.2 Å². The van der Waals surface area contributed by atoms with Gasteiger partial charge in [-0.3, -0.25) is 4.79 Å². The molecule has 0 spiro atoms. The molecule has 156 valence electrons. The van der Waals surface area contributed by atoms with E-state index in [2.05, 4.69) is 38.2 Å². The second-order valence-electron chi connectivity index (χ2n) is 9.04. The number of ether oxygens (including phenoxy) is 1. The van der Waals surface area contributed by atoms with Crippen molar-refractivity contribution in [3.05, 3.63) is 29.8 Å². The fourth-order valence-corrected chi connectivity index (χ4v) is 4.85. The van der Waals surface area contributed by atoms with Gasteiger partial charge in [-0.2, -0.15) is 0 Å². The minimum Gasteiger partial charge on any atom is -0.497 e. The van der Waals surface area contributed by atoms with Gasteiger partial charge >= 0.3 is 0 Å². The molecule has 2 fully saturated rings. The molecule has 1 heterocycles. The van der Waals surface area contributed by atoms with Crippen molar-refractivity contribution in [2.24, 2.45) is 11.8 Å². The third kappa shape index (κ3) is 5.26. The molecule has 0 unspecified atom stereocenters. The molecule has 1 aliphatic heterocycles. The van der Waals surface area contributed by atoms with Gasteiger partial charge in [0.15, 0.2) is 6.04 Å². The van der Waals surface area contributed by atoms with E-state index in [0.717, 1.165) is 44.9 Å². The molecular formula is C23H39N3O2+2. The predicted molar refractivity (Wildman–Crippen MR) is 112 cm³/mol. The van der Waals surface area contributed by atoms with E-state index >= 15 is 0 Å². The molecular weight excluding hydrogens is 350 g/mol. The number of methoxy groups -OCH3 is 1. The zero-order chi connectivity index (χ0) is 20.1. The first kappa shape index (κ1) is 21.1. The van der Waals surface area contributed by atoms with Crippen LogP contribution in [0.15, 0.2) is 24.3 Å². The number of nitrogens with one attached hydrogen (secondary N) is 3. The molecule has 1 aliphatic carbocycles. The SMILES string of the molecule is COc1ccc(C[NH+]2CC[NH+]([C@H](C)C(=O)N[C@H]3CCC[C@@H](C)[C@H]3C)CC2)cc1. The highest BCUT2D eigenvalue weighted by Gasteiger charge is 2.34. The van der Waals surface area contributed by atoms with Crippen LogP contribution < -0.4 is 19.9 Å². The summed E-state index contributed by atoms with van der Waals surface area (Å²) in [6.07, 6.45) is 3.68. The van der Waals surface area contributed by atoms with Gasteiger partial charge in [0, 0.05) is 11.6 Å². The van der Waals surface area contributed by atoms with E-state index in [9.17, 15) is 4.79 Å². The van der Waals surface area contributed by atoms with Crippen LogP contribution in [0, 0.1) is 11.8 Å². The van der Waals surface area contributed by atoms with Gasteiger partial charge in [0.05, 0.1) is 7.11 Å². The van der Waals surface area contributed by atoms with Gasteiger partial charge in [-0.15, -0.1) is 0 Å². The van der Waals surface area contributed by atoms with Crippen molar-refractivity contribution in [3.8, 4) is 5.75 Å².